The van der Waals surface area contributed by atoms with Crippen molar-refractivity contribution in [3.05, 3.63) is 33.5 Å². The molecule has 0 radical (unpaired) electrons. The SMILES string of the molecule is CCC(CC)n1ccc(CC(NN)c2sc(C)nc2C)n1. The number of thiazole rings is 1. The van der Waals surface area contributed by atoms with Gasteiger partial charge in [0, 0.05) is 17.5 Å². The second-order valence-corrected chi connectivity index (χ2v) is 6.60. The summed E-state index contributed by atoms with van der Waals surface area (Å²) in [5.41, 5.74) is 5.03. The first-order valence-corrected chi connectivity index (χ1v) is 8.34. The first-order chi connectivity index (χ1) is 10.1. The van der Waals surface area contributed by atoms with Gasteiger partial charge in [0.05, 0.1) is 28.5 Å². The van der Waals surface area contributed by atoms with Gasteiger partial charge in [-0.3, -0.25) is 16.0 Å². The molecule has 2 aromatic rings. The first kappa shape index (κ1) is 16.1. The summed E-state index contributed by atoms with van der Waals surface area (Å²) in [4.78, 5) is 5.68. The van der Waals surface area contributed by atoms with E-state index in [1.165, 1.54) is 4.88 Å². The summed E-state index contributed by atoms with van der Waals surface area (Å²) in [6, 6.07) is 2.64. The van der Waals surface area contributed by atoms with E-state index in [1.807, 2.05) is 13.8 Å². The third kappa shape index (κ3) is 3.70. The normalized spacial score (nSPS) is 13.0. The van der Waals surface area contributed by atoms with Crippen molar-refractivity contribution in [3.8, 4) is 0 Å². The Labute approximate surface area is 130 Å². The van der Waals surface area contributed by atoms with E-state index in [0.29, 0.717) is 6.04 Å². The Morgan fingerprint density at radius 3 is 2.57 bits per heavy atom. The van der Waals surface area contributed by atoms with Crippen LogP contribution in [0.4, 0.5) is 0 Å². The minimum Gasteiger partial charge on any atom is -0.271 e. The second kappa shape index (κ2) is 7.15. The molecule has 0 spiro atoms. The van der Waals surface area contributed by atoms with E-state index in [0.717, 1.165) is 35.7 Å². The molecule has 116 valence electrons. The molecule has 2 heterocycles. The highest BCUT2D eigenvalue weighted by atomic mass is 32.1. The molecule has 21 heavy (non-hydrogen) atoms. The molecule has 2 aromatic heterocycles. The summed E-state index contributed by atoms with van der Waals surface area (Å²) in [7, 11) is 0. The van der Waals surface area contributed by atoms with Crippen LogP contribution in [0.5, 0.6) is 0 Å². The van der Waals surface area contributed by atoms with Crippen LogP contribution in [-0.2, 0) is 6.42 Å². The average Bonchev–Trinajstić information content (AvgIpc) is 3.04. The van der Waals surface area contributed by atoms with Crippen LogP contribution in [-0.4, -0.2) is 14.8 Å². The fraction of sp³-hybridized carbons (Fsp3) is 0.600. The minimum atomic E-state index is 0.0706. The molecule has 3 N–H and O–H groups in total. The molecule has 0 fully saturated rings. The second-order valence-electron chi connectivity index (χ2n) is 5.36. The molecular formula is C15H25N5S. The number of aromatic nitrogens is 3. The highest BCUT2D eigenvalue weighted by Crippen LogP contribution is 2.27. The molecule has 1 unspecified atom stereocenters. The van der Waals surface area contributed by atoms with E-state index in [1.54, 1.807) is 11.3 Å². The summed E-state index contributed by atoms with van der Waals surface area (Å²) in [6.45, 7) is 8.45. The number of rotatable bonds is 7. The number of hydrazine groups is 1. The lowest BCUT2D eigenvalue weighted by molar-refractivity contribution is 0.422. The van der Waals surface area contributed by atoms with Crippen molar-refractivity contribution in [2.45, 2.75) is 59.0 Å². The lowest BCUT2D eigenvalue weighted by atomic mass is 10.1. The van der Waals surface area contributed by atoms with Crippen molar-refractivity contribution in [2.75, 3.05) is 0 Å². The Hall–Kier alpha value is -1.24. The molecule has 2 rings (SSSR count). The standard InChI is InChI=1S/C15H25N5S/c1-5-13(6-2)20-8-7-12(19-20)9-14(18-16)15-10(3)17-11(4)21-15/h7-8,13-14,18H,5-6,9,16H2,1-4H3. The topological polar surface area (TPSA) is 68.8 Å². The maximum atomic E-state index is 5.74. The molecule has 0 aliphatic heterocycles. The van der Waals surface area contributed by atoms with Crippen LogP contribution in [0, 0.1) is 13.8 Å². The summed E-state index contributed by atoms with van der Waals surface area (Å²) in [6.07, 6.45) is 5.06. The van der Waals surface area contributed by atoms with E-state index in [-0.39, 0.29) is 6.04 Å². The summed E-state index contributed by atoms with van der Waals surface area (Å²) in [5.74, 6) is 5.74. The van der Waals surface area contributed by atoms with E-state index in [4.69, 9.17) is 10.9 Å². The van der Waals surface area contributed by atoms with Gasteiger partial charge in [-0.05, 0) is 32.8 Å². The van der Waals surface area contributed by atoms with Gasteiger partial charge in [0.25, 0.3) is 0 Å². The minimum absolute atomic E-state index is 0.0706. The summed E-state index contributed by atoms with van der Waals surface area (Å²) in [5, 5.41) is 5.78. The zero-order valence-corrected chi connectivity index (χ0v) is 14.1. The van der Waals surface area contributed by atoms with Crippen molar-refractivity contribution >= 4 is 11.3 Å². The lowest BCUT2D eigenvalue weighted by Gasteiger charge is -2.14. The molecule has 1 atom stereocenters. The molecule has 0 aliphatic carbocycles. The average molecular weight is 307 g/mol. The third-order valence-electron chi connectivity index (χ3n) is 3.85. The molecule has 0 saturated carbocycles. The van der Waals surface area contributed by atoms with Gasteiger partial charge in [-0.15, -0.1) is 11.3 Å². The maximum Gasteiger partial charge on any atom is 0.0900 e. The van der Waals surface area contributed by atoms with Gasteiger partial charge < -0.3 is 0 Å². The zero-order valence-electron chi connectivity index (χ0n) is 13.3. The number of aryl methyl sites for hydroxylation is 2. The van der Waals surface area contributed by atoms with Gasteiger partial charge >= 0.3 is 0 Å². The quantitative estimate of drug-likeness (QED) is 0.609. The van der Waals surface area contributed by atoms with Crippen LogP contribution >= 0.6 is 11.3 Å². The van der Waals surface area contributed by atoms with Crippen LogP contribution in [0.3, 0.4) is 0 Å². The Bertz CT molecular complexity index is 570. The van der Waals surface area contributed by atoms with Gasteiger partial charge in [-0.2, -0.15) is 5.10 Å². The van der Waals surface area contributed by atoms with Crippen LogP contribution in [0.2, 0.25) is 0 Å². The van der Waals surface area contributed by atoms with Crippen molar-refractivity contribution in [1.29, 1.82) is 0 Å². The van der Waals surface area contributed by atoms with Gasteiger partial charge in [-0.1, -0.05) is 13.8 Å². The van der Waals surface area contributed by atoms with Crippen LogP contribution in [0.1, 0.15) is 60.0 Å². The van der Waals surface area contributed by atoms with E-state index < -0.39 is 0 Å². The van der Waals surface area contributed by atoms with Crippen molar-refractivity contribution < 1.29 is 0 Å². The van der Waals surface area contributed by atoms with Gasteiger partial charge in [-0.25, -0.2) is 4.98 Å². The molecule has 0 bridgehead atoms. The molecule has 0 saturated heterocycles. The van der Waals surface area contributed by atoms with Gasteiger partial charge in [0.2, 0.25) is 0 Å². The van der Waals surface area contributed by atoms with E-state index >= 15 is 0 Å². The Morgan fingerprint density at radius 1 is 1.33 bits per heavy atom. The molecule has 0 amide bonds. The van der Waals surface area contributed by atoms with Crippen LogP contribution < -0.4 is 11.3 Å². The monoisotopic (exact) mass is 307 g/mol. The number of hydrogen-bond acceptors (Lipinski definition) is 5. The number of nitrogens with two attached hydrogens (primary N) is 1. The number of hydrogen-bond donors (Lipinski definition) is 2. The Morgan fingerprint density at radius 2 is 2.05 bits per heavy atom. The van der Waals surface area contributed by atoms with Gasteiger partial charge in [0.15, 0.2) is 0 Å². The zero-order chi connectivity index (χ0) is 15.4. The fourth-order valence-corrected chi connectivity index (χ4v) is 3.65. The van der Waals surface area contributed by atoms with Crippen molar-refractivity contribution in [2.24, 2.45) is 5.84 Å². The largest absolute Gasteiger partial charge is 0.271 e. The summed E-state index contributed by atoms with van der Waals surface area (Å²) < 4.78 is 2.08. The molecule has 0 aliphatic rings. The van der Waals surface area contributed by atoms with E-state index in [2.05, 4.69) is 41.2 Å². The maximum absolute atomic E-state index is 5.74. The number of nitrogens with zero attached hydrogens (tertiary/aromatic N) is 3. The predicted octanol–water partition coefficient (Wildman–Crippen LogP) is 3.06. The highest BCUT2D eigenvalue weighted by molar-refractivity contribution is 7.11. The smallest absolute Gasteiger partial charge is 0.0900 e. The number of nitrogens with one attached hydrogen (secondary N) is 1. The molecule has 6 heteroatoms. The first-order valence-electron chi connectivity index (χ1n) is 7.53. The highest BCUT2D eigenvalue weighted by Gasteiger charge is 2.18. The van der Waals surface area contributed by atoms with Crippen molar-refractivity contribution in [1.82, 2.24) is 20.2 Å². The third-order valence-corrected chi connectivity index (χ3v) is 5.04. The Balaban J connectivity index is 2.14. The van der Waals surface area contributed by atoms with Crippen LogP contribution in [0.25, 0.3) is 0 Å². The summed E-state index contributed by atoms with van der Waals surface area (Å²) >= 11 is 1.70. The molecule has 5 nitrogen and oxygen atoms in total. The lowest BCUT2D eigenvalue weighted by Crippen LogP contribution is -2.29. The Kier molecular flexibility index (Phi) is 5.50. The van der Waals surface area contributed by atoms with Gasteiger partial charge in [0.1, 0.15) is 0 Å². The van der Waals surface area contributed by atoms with E-state index in [9.17, 15) is 0 Å². The van der Waals surface area contributed by atoms with Crippen LogP contribution in [0.15, 0.2) is 12.3 Å². The fourth-order valence-electron chi connectivity index (χ4n) is 2.66. The van der Waals surface area contributed by atoms with Crippen molar-refractivity contribution in [3.63, 3.8) is 0 Å². The predicted molar refractivity (Wildman–Crippen MR) is 87.2 cm³/mol. The molecular weight excluding hydrogens is 282 g/mol. The molecule has 0 aromatic carbocycles.